The van der Waals surface area contributed by atoms with Crippen LogP contribution in [0.3, 0.4) is 0 Å². The first-order chi connectivity index (χ1) is 6.02. The fourth-order valence-electron chi connectivity index (χ4n) is 1.51. The molecule has 0 radical (unpaired) electrons. The zero-order valence-corrected chi connectivity index (χ0v) is 9.52. The Kier molecular flexibility index (Phi) is 3.38. The SMILES string of the molecule is Cc1cc(Cl)ccc1C(C)C(C)C. The molecular formula is C12H17Cl. The lowest BCUT2D eigenvalue weighted by Gasteiger charge is -2.18. The van der Waals surface area contributed by atoms with Crippen molar-refractivity contribution in [2.75, 3.05) is 0 Å². The van der Waals surface area contributed by atoms with Crippen LogP contribution in [-0.2, 0) is 0 Å². The lowest BCUT2D eigenvalue weighted by Crippen LogP contribution is -2.03. The van der Waals surface area contributed by atoms with Gasteiger partial charge in [0.25, 0.3) is 0 Å². The first-order valence-electron chi connectivity index (χ1n) is 4.78. The molecule has 0 aliphatic heterocycles. The molecular weight excluding hydrogens is 180 g/mol. The molecule has 1 unspecified atom stereocenters. The standard InChI is InChI=1S/C12H17Cl/c1-8(2)10(4)12-6-5-11(13)7-9(12)3/h5-8,10H,1-4H3. The van der Waals surface area contributed by atoms with Crippen molar-refractivity contribution in [3.63, 3.8) is 0 Å². The Bertz CT molecular complexity index is 289. The minimum Gasteiger partial charge on any atom is -0.0843 e. The zero-order valence-electron chi connectivity index (χ0n) is 8.76. The minimum absolute atomic E-state index is 0.609. The van der Waals surface area contributed by atoms with Gasteiger partial charge in [0.15, 0.2) is 0 Å². The van der Waals surface area contributed by atoms with Crippen LogP contribution in [0.1, 0.15) is 37.8 Å². The molecule has 0 fully saturated rings. The fraction of sp³-hybridized carbons (Fsp3) is 0.500. The summed E-state index contributed by atoms with van der Waals surface area (Å²) in [5, 5.41) is 0.831. The molecule has 0 aliphatic carbocycles. The van der Waals surface area contributed by atoms with Gasteiger partial charge in [-0.3, -0.25) is 0 Å². The maximum absolute atomic E-state index is 5.90. The first kappa shape index (κ1) is 10.6. The van der Waals surface area contributed by atoms with Crippen LogP contribution in [0.15, 0.2) is 18.2 Å². The molecule has 0 heterocycles. The molecule has 0 saturated heterocycles. The average molecular weight is 197 g/mol. The molecule has 0 N–H and O–H groups in total. The molecule has 1 heteroatoms. The van der Waals surface area contributed by atoms with E-state index in [0.717, 1.165) is 5.02 Å². The molecule has 1 rings (SSSR count). The van der Waals surface area contributed by atoms with Gasteiger partial charge in [0, 0.05) is 5.02 Å². The van der Waals surface area contributed by atoms with Gasteiger partial charge in [-0.2, -0.15) is 0 Å². The minimum atomic E-state index is 0.609. The topological polar surface area (TPSA) is 0 Å². The van der Waals surface area contributed by atoms with Crippen LogP contribution >= 0.6 is 11.6 Å². The zero-order chi connectivity index (χ0) is 10.0. The van der Waals surface area contributed by atoms with Crippen LogP contribution in [0, 0.1) is 12.8 Å². The second-order valence-electron chi connectivity index (χ2n) is 4.03. The Balaban J connectivity index is 3.01. The molecule has 0 saturated carbocycles. The van der Waals surface area contributed by atoms with Crippen molar-refractivity contribution in [1.82, 2.24) is 0 Å². The number of hydrogen-bond acceptors (Lipinski definition) is 0. The normalized spacial score (nSPS) is 13.4. The Morgan fingerprint density at radius 2 is 1.77 bits per heavy atom. The van der Waals surface area contributed by atoms with Gasteiger partial charge in [-0.25, -0.2) is 0 Å². The van der Waals surface area contributed by atoms with Gasteiger partial charge >= 0.3 is 0 Å². The highest BCUT2D eigenvalue weighted by molar-refractivity contribution is 6.30. The summed E-state index contributed by atoms with van der Waals surface area (Å²) < 4.78 is 0. The molecule has 0 amide bonds. The van der Waals surface area contributed by atoms with Crippen LogP contribution in [-0.4, -0.2) is 0 Å². The largest absolute Gasteiger partial charge is 0.0843 e. The summed E-state index contributed by atoms with van der Waals surface area (Å²) in [6.45, 7) is 8.89. The summed E-state index contributed by atoms with van der Waals surface area (Å²) in [7, 11) is 0. The van der Waals surface area contributed by atoms with Crippen molar-refractivity contribution in [3.05, 3.63) is 34.3 Å². The Morgan fingerprint density at radius 3 is 2.23 bits per heavy atom. The van der Waals surface area contributed by atoms with Crippen LogP contribution in [0.4, 0.5) is 0 Å². The smallest absolute Gasteiger partial charge is 0.0408 e. The number of rotatable bonds is 2. The van der Waals surface area contributed by atoms with E-state index in [0.29, 0.717) is 11.8 Å². The van der Waals surface area contributed by atoms with Crippen molar-refractivity contribution in [2.24, 2.45) is 5.92 Å². The molecule has 1 aromatic carbocycles. The van der Waals surface area contributed by atoms with Crippen molar-refractivity contribution in [2.45, 2.75) is 33.6 Å². The van der Waals surface area contributed by atoms with E-state index < -0.39 is 0 Å². The highest BCUT2D eigenvalue weighted by atomic mass is 35.5. The fourth-order valence-corrected chi connectivity index (χ4v) is 1.74. The predicted molar refractivity (Wildman–Crippen MR) is 59.4 cm³/mol. The summed E-state index contributed by atoms with van der Waals surface area (Å²) in [6, 6.07) is 6.15. The predicted octanol–water partition coefficient (Wildman–Crippen LogP) is 4.41. The van der Waals surface area contributed by atoms with Crippen LogP contribution in [0.2, 0.25) is 5.02 Å². The van der Waals surface area contributed by atoms with Crippen LogP contribution in [0.5, 0.6) is 0 Å². The van der Waals surface area contributed by atoms with Crippen molar-refractivity contribution < 1.29 is 0 Å². The van der Waals surface area contributed by atoms with Gasteiger partial charge in [0.1, 0.15) is 0 Å². The van der Waals surface area contributed by atoms with E-state index >= 15 is 0 Å². The highest BCUT2D eigenvalue weighted by Crippen LogP contribution is 2.27. The molecule has 72 valence electrons. The second kappa shape index (κ2) is 4.15. The van der Waals surface area contributed by atoms with Gasteiger partial charge in [-0.15, -0.1) is 0 Å². The third kappa shape index (κ3) is 2.47. The Morgan fingerprint density at radius 1 is 1.15 bits per heavy atom. The summed E-state index contributed by atoms with van der Waals surface area (Å²) in [6.07, 6.45) is 0. The van der Waals surface area contributed by atoms with E-state index in [1.165, 1.54) is 11.1 Å². The number of aryl methyl sites for hydroxylation is 1. The third-order valence-electron chi connectivity index (χ3n) is 2.72. The van der Waals surface area contributed by atoms with Gasteiger partial charge in [-0.1, -0.05) is 38.4 Å². The van der Waals surface area contributed by atoms with E-state index in [1.54, 1.807) is 0 Å². The van der Waals surface area contributed by atoms with Gasteiger partial charge in [0.05, 0.1) is 0 Å². The lowest BCUT2D eigenvalue weighted by molar-refractivity contribution is 0.533. The van der Waals surface area contributed by atoms with Gasteiger partial charge < -0.3 is 0 Å². The number of halogens is 1. The van der Waals surface area contributed by atoms with E-state index in [2.05, 4.69) is 33.8 Å². The van der Waals surface area contributed by atoms with Crippen molar-refractivity contribution in [3.8, 4) is 0 Å². The monoisotopic (exact) mass is 196 g/mol. The van der Waals surface area contributed by atoms with Crippen molar-refractivity contribution >= 4 is 11.6 Å². The maximum atomic E-state index is 5.90. The quantitative estimate of drug-likeness (QED) is 0.658. The van der Waals surface area contributed by atoms with Crippen LogP contribution in [0.25, 0.3) is 0 Å². The Hall–Kier alpha value is -0.490. The van der Waals surface area contributed by atoms with Crippen LogP contribution < -0.4 is 0 Å². The summed E-state index contributed by atoms with van der Waals surface area (Å²) in [4.78, 5) is 0. The summed E-state index contributed by atoms with van der Waals surface area (Å²) >= 11 is 5.90. The third-order valence-corrected chi connectivity index (χ3v) is 2.96. The average Bonchev–Trinajstić information content (AvgIpc) is 2.03. The molecule has 0 bridgehead atoms. The second-order valence-corrected chi connectivity index (χ2v) is 4.47. The number of benzene rings is 1. The Labute approximate surface area is 85.9 Å². The summed E-state index contributed by atoms with van der Waals surface area (Å²) in [5.41, 5.74) is 2.72. The van der Waals surface area contributed by atoms with Gasteiger partial charge in [-0.05, 0) is 42.0 Å². The number of hydrogen-bond donors (Lipinski definition) is 0. The van der Waals surface area contributed by atoms with Crippen molar-refractivity contribution in [1.29, 1.82) is 0 Å². The molecule has 0 aliphatic rings. The van der Waals surface area contributed by atoms with E-state index in [1.807, 2.05) is 12.1 Å². The first-order valence-corrected chi connectivity index (χ1v) is 5.16. The molecule has 1 aromatic rings. The molecule has 13 heavy (non-hydrogen) atoms. The summed E-state index contributed by atoms with van der Waals surface area (Å²) in [5.74, 6) is 1.29. The van der Waals surface area contributed by atoms with E-state index in [-0.39, 0.29) is 0 Å². The lowest BCUT2D eigenvalue weighted by atomic mass is 9.88. The van der Waals surface area contributed by atoms with Gasteiger partial charge in [0.2, 0.25) is 0 Å². The van der Waals surface area contributed by atoms with E-state index in [9.17, 15) is 0 Å². The molecule has 1 atom stereocenters. The molecule has 0 spiro atoms. The maximum Gasteiger partial charge on any atom is 0.0408 e. The van der Waals surface area contributed by atoms with E-state index in [4.69, 9.17) is 11.6 Å². The molecule has 0 nitrogen and oxygen atoms in total. The highest BCUT2D eigenvalue weighted by Gasteiger charge is 2.11. The molecule has 0 aromatic heterocycles.